The molecule has 6 heteroatoms. The molecular formula is C19H30O5S. The third kappa shape index (κ3) is 9.02. The van der Waals surface area contributed by atoms with Gasteiger partial charge in [-0.2, -0.15) is 8.42 Å². The highest BCUT2D eigenvalue weighted by atomic mass is 32.2. The van der Waals surface area contributed by atoms with Crippen LogP contribution in [0.4, 0.5) is 0 Å². The number of unbranched alkanes of at least 4 members (excludes halogenated alkanes) is 3. The molecule has 5 nitrogen and oxygen atoms in total. The lowest BCUT2D eigenvalue weighted by atomic mass is 10.0. The quantitative estimate of drug-likeness (QED) is 0.381. The molecule has 1 aromatic carbocycles. The van der Waals surface area contributed by atoms with E-state index in [4.69, 9.17) is 8.92 Å². The highest BCUT2D eigenvalue weighted by Crippen LogP contribution is 2.18. The molecule has 0 radical (unpaired) electrons. The molecule has 1 aromatic rings. The van der Waals surface area contributed by atoms with E-state index >= 15 is 0 Å². The standard InChI is InChI=1S/C19H30O5S/c1-4-23-18-11-13-19(14-12-18)25(21,22)24-15-17(20)10-8-6-5-7-9-16(2)3/h11-14,16H,4-10,15H2,1-3H3. The summed E-state index contributed by atoms with van der Waals surface area (Å²) in [6, 6.07) is 5.97. The first-order chi connectivity index (χ1) is 11.8. The summed E-state index contributed by atoms with van der Waals surface area (Å²) in [5.41, 5.74) is 0. The Morgan fingerprint density at radius 2 is 1.68 bits per heavy atom. The first-order valence-corrected chi connectivity index (χ1v) is 10.4. The summed E-state index contributed by atoms with van der Waals surface area (Å²) in [5.74, 6) is 1.12. The van der Waals surface area contributed by atoms with E-state index in [2.05, 4.69) is 13.8 Å². The minimum atomic E-state index is -3.91. The van der Waals surface area contributed by atoms with Crippen molar-refractivity contribution >= 4 is 15.9 Å². The normalized spacial score (nSPS) is 11.7. The molecule has 0 saturated heterocycles. The summed E-state index contributed by atoms with van der Waals surface area (Å²) >= 11 is 0. The van der Waals surface area contributed by atoms with Crippen LogP contribution in [0.3, 0.4) is 0 Å². The Labute approximate surface area is 151 Å². The maximum absolute atomic E-state index is 12.1. The monoisotopic (exact) mass is 370 g/mol. The van der Waals surface area contributed by atoms with Crippen molar-refractivity contribution in [2.45, 2.75) is 64.2 Å². The summed E-state index contributed by atoms with van der Waals surface area (Å²) in [6.45, 7) is 6.36. The fourth-order valence-corrected chi connectivity index (χ4v) is 3.27. The minimum Gasteiger partial charge on any atom is -0.494 e. The van der Waals surface area contributed by atoms with Gasteiger partial charge in [0.25, 0.3) is 10.1 Å². The van der Waals surface area contributed by atoms with Gasteiger partial charge in [-0.15, -0.1) is 0 Å². The van der Waals surface area contributed by atoms with Crippen molar-refractivity contribution in [2.24, 2.45) is 5.92 Å². The van der Waals surface area contributed by atoms with Gasteiger partial charge in [0.2, 0.25) is 0 Å². The molecule has 0 atom stereocenters. The highest BCUT2D eigenvalue weighted by molar-refractivity contribution is 7.86. The number of Topliss-reactive ketones (excluding diaryl/α,β-unsaturated/α-hetero) is 1. The summed E-state index contributed by atoms with van der Waals surface area (Å²) in [5, 5.41) is 0. The zero-order chi connectivity index (χ0) is 18.7. The molecule has 0 saturated carbocycles. The van der Waals surface area contributed by atoms with Crippen molar-refractivity contribution < 1.29 is 22.1 Å². The molecule has 1 rings (SSSR count). The molecular weight excluding hydrogens is 340 g/mol. The van der Waals surface area contributed by atoms with E-state index < -0.39 is 16.7 Å². The van der Waals surface area contributed by atoms with Gasteiger partial charge in [0, 0.05) is 6.42 Å². The molecule has 0 aliphatic carbocycles. The molecule has 0 amide bonds. The van der Waals surface area contributed by atoms with Gasteiger partial charge in [0.05, 0.1) is 11.5 Å². The minimum absolute atomic E-state index is 0.0254. The molecule has 0 spiro atoms. The van der Waals surface area contributed by atoms with Crippen molar-refractivity contribution in [1.29, 1.82) is 0 Å². The van der Waals surface area contributed by atoms with Gasteiger partial charge in [-0.05, 0) is 43.5 Å². The lowest BCUT2D eigenvalue weighted by Crippen LogP contribution is -2.14. The summed E-state index contributed by atoms with van der Waals surface area (Å²) in [4.78, 5) is 11.8. The zero-order valence-electron chi connectivity index (χ0n) is 15.5. The van der Waals surface area contributed by atoms with Crippen LogP contribution in [0.2, 0.25) is 0 Å². The second-order valence-electron chi connectivity index (χ2n) is 6.51. The van der Waals surface area contributed by atoms with Crippen molar-refractivity contribution in [2.75, 3.05) is 13.2 Å². The van der Waals surface area contributed by atoms with Crippen LogP contribution in [0.25, 0.3) is 0 Å². The molecule has 0 bridgehead atoms. The van der Waals surface area contributed by atoms with Gasteiger partial charge in [-0.25, -0.2) is 0 Å². The average Bonchev–Trinajstić information content (AvgIpc) is 2.57. The molecule has 0 aromatic heterocycles. The van der Waals surface area contributed by atoms with Crippen LogP contribution in [0.5, 0.6) is 5.75 Å². The number of ketones is 1. The molecule has 25 heavy (non-hydrogen) atoms. The van der Waals surface area contributed by atoms with Crippen molar-refractivity contribution in [3.8, 4) is 5.75 Å². The van der Waals surface area contributed by atoms with Crippen molar-refractivity contribution in [1.82, 2.24) is 0 Å². The van der Waals surface area contributed by atoms with Gasteiger partial charge >= 0.3 is 0 Å². The molecule has 0 aliphatic rings. The fourth-order valence-electron chi connectivity index (χ4n) is 2.38. The van der Waals surface area contributed by atoms with Crippen LogP contribution in [0.1, 0.15) is 59.3 Å². The third-order valence-corrected chi connectivity index (χ3v) is 5.06. The number of benzene rings is 1. The number of carbonyl (C=O) groups is 1. The Bertz CT molecular complexity index is 605. The largest absolute Gasteiger partial charge is 0.494 e. The van der Waals surface area contributed by atoms with E-state index in [1.54, 1.807) is 12.1 Å². The third-order valence-electron chi connectivity index (χ3n) is 3.79. The topological polar surface area (TPSA) is 69.7 Å². The van der Waals surface area contributed by atoms with Crippen molar-refractivity contribution in [3.05, 3.63) is 24.3 Å². The first-order valence-electron chi connectivity index (χ1n) is 8.99. The van der Waals surface area contributed by atoms with Gasteiger partial charge in [0.1, 0.15) is 12.4 Å². The highest BCUT2D eigenvalue weighted by Gasteiger charge is 2.17. The number of carbonyl (C=O) groups excluding carboxylic acids is 1. The van der Waals surface area contributed by atoms with Gasteiger partial charge in [0.15, 0.2) is 5.78 Å². The van der Waals surface area contributed by atoms with E-state index in [0.29, 0.717) is 24.7 Å². The Hall–Kier alpha value is -1.40. The van der Waals surface area contributed by atoms with Gasteiger partial charge in [-0.1, -0.05) is 39.5 Å². The van der Waals surface area contributed by atoms with E-state index in [1.807, 2.05) is 6.92 Å². The summed E-state index contributed by atoms with van der Waals surface area (Å²) in [6.07, 6.45) is 5.62. The Kier molecular flexibility index (Phi) is 9.75. The number of hydrogen-bond acceptors (Lipinski definition) is 5. The van der Waals surface area contributed by atoms with Crippen LogP contribution >= 0.6 is 0 Å². The Balaban J connectivity index is 2.31. The van der Waals surface area contributed by atoms with Crippen LogP contribution in [0.15, 0.2) is 29.2 Å². The predicted molar refractivity (Wildman–Crippen MR) is 98.3 cm³/mol. The van der Waals surface area contributed by atoms with E-state index in [0.717, 1.165) is 19.3 Å². The summed E-state index contributed by atoms with van der Waals surface area (Å²) < 4.78 is 34.3. The second-order valence-corrected chi connectivity index (χ2v) is 8.12. The molecule has 0 aliphatic heterocycles. The lowest BCUT2D eigenvalue weighted by Gasteiger charge is -2.07. The van der Waals surface area contributed by atoms with Gasteiger partial charge in [-0.3, -0.25) is 8.98 Å². The van der Waals surface area contributed by atoms with Crippen LogP contribution in [-0.4, -0.2) is 27.4 Å². The van der Waals surface area contributed by atoms with Crippen LogP contribution in [-0.2, 0) is 19.1 Å². The number of hydrogen-bond donors (Lipinski definition) is 0. The summed E-state index contributed by atoms with van der Waals surface area (Å²) in [7, 11) is -3.91. The van der Waals surface area contributed by atoms with Gasteiger partial charge < -0.3 is 4.74 Å². The Morgan fingerprint density at radius 3 is 2.28 bits per heavy atom. The molecule has 142 valence electrons. The molecule has 0 N–H and O–H groups in total. The fraction of sp³-hybridized carbons (Fsp3) is 0.632. The van der Waals surface area contributed by atoms with E-state index in [-0.39, 0.29) is 10.7 Å². The molecule has 0 heterocycles. The average molecular weight is 371 g/mol. The smallest absolute Gasteiger partial charge is 0.297 e. The predicted octanol–water partition coefficient (Wildman–Crippen LogP) is 4.36. The maximum atomic E-state index is 12.1. The zero-order valence-corrected chi connectivity index (χ0v) is 16.3. The lowest BCUT2D eigenvalue weighted by molar-refractivity contribution is -0.121. The van der Waals surface area contributed by atoms with Crippen molar-refractivity contribution in [3.63, 3.8) is 0 Å². The Morgan fingerprint density at radius 1 is 1.04 bits per heavy atom. The number of rotatable bonds is 13. The van der Waals surface area contributed by atoms with E-state index in [1.165, 1.54) is 25.0 Å². The molecule has 0 fully saturated rings. The second kappa shape index (κ2) is 11.3. The maximum Gasteiger partial charge on any atom is 0.297 e. The van der Waals surface area contributed by atoms with Crippen LogP contribution < -0.4 is 4.74 Å². The first kappa shape index (κ1) is 21.6. The SMILES string of the molecule is CCOc1ccc(S(=O)(=O)OCC(=O)CCCCCCC(C)C)cc1. The number of ether oxygens (including phenoxy) is 1. The van der Waals surface area contributed by atoms with E-state index in [9.17, 15) is 13.2 Å². The van der Waals surface area contributed by atoms with Crippen LogP contribution in [0, 0.1) is 5.92 Å². The molecule has 0 unspecified atom stereocenters.